The normalized spacial score (nSPS) is 11.2. The van der Waals surface area contributed by atoms with Crippen LogP contribution in [0.15, 0.2) is 72.8 Å². The van der Waals surface area contributed by atoms with Crippen LogP contribution in [0.4, 0.5) is 0 Å². The van der Waals surface area contributed by atoms with Crippen LogP contribution in [0.3, 0.4) is 0 Å². The van der Waals surface area contributed by atoms with Crippen molar-refractivity contribution >= 4 is 22.6 Å². The SMILES string of the molecule is COc1ccc(-c2cc(C(=O)CCCOCCOCCOCCOCCOCCOCCOCCOCCC(=O)NCCc3ccc(O)cc3)c3ccccc3n2)cc1OC. The Balaban J connectivity index is 0.874. The number of carbonyl (C=O) groups excluding carboxylic acids is 2. The lowest BCUT2D eigenvalue weighted by Crippen LogP contribution is -2.26. The molecule has 0 bridgehead atoms. The number of nitrogens with zero attached hydrogens (tertiary/aromatic N) is 1. The van der Waals surface area contributed by atoms with Crippen molar-refractivity contribution in [3.05, 3.63) is 83.9 Å². The highest BCUT2D eigenvalue weighted by Gasteiger charge is 2.15. The summed E-state index contributed by atoms with van der Waals surface area (Å²) in [6, 6.07) is 22.0. The van der Waals surface area contributed by atoms with Crippen LogP contribution in [-0.2, 0) is 49.1 Å². The number of amides is 1. The fourth-order valence-corrected chi connectivity index (χ4v) is 5.92. The maximum atomic E-state index is 13.4. The molecule has 0 saturated carbocycles. The van der Waals surface area contributed by atoms with Crippen molar-refractivity contribution in [2.75, 3.05) is 126 Å². The monoisotopic (exact) mass is 850 g/mol. The first-order chi connectivity index (χ1) is 30.0. The van der Waals surface area contributed by atoms with Crippen LogP contribution in [0, 0.1) is 0 Å². The standard InChI is InChI=1S/C46H62N2O13/c1-52-44-14-11-37(34-45(44)53-2)42-35-40(39-6-3-4-7-41(39)48-42)43(50)8-5-18-54-20-22-56-24-26-58-28-30-60-32-33-61-31-29-59-27-25-57-23-21-55-19-16-46(51)47-17-15-36-9-12-38(49)13-10-36/h3-4,6-7,9-14,34-35,49H,5,8,15-33H2,1-2H3,(H,47,51). The first kappa shape index (κ1) is 49.0. The highest BCUT2D eigenvalue weighted by molar-refractivity contribution is 6.08. The maximum Gasteiger partial charge on any atom is 0.222 e. The number of nitrogens with one attached hydrogen (secondary N) is 1. The Morgan fingerprint density at radius 2 is 1.10 bits per heavy atom. The number of hydrogen-bond acceptors (Lipinski definition) is 14. The number of rotatable bonds is 35. The van der Waals surface area contributed by atoms with Gasteiger partial charge in [0.05, 0.1) is 125 Å². The number of Topliss-reactive ketones (excluding diaryl/α,β-unsaturated/α-hetero) is 1. The van der Waals surface area contributed by atoms with E-state index < -0.39 is 0 Å². The van der Waals surface area contributed by atoms with E-state index >= 15 is 0 Å². The lowest BCUT2D eigenvalue weighted by molar-refractivity contribution is -0.122. The lowest BCUT2D eigenvalue weighted by atomic mass is 9.99. The molecule has 4 rings (SSSR count). The number of phenolic OH excluding ortho intramolecular Hbond substituents is 1. The molecular formula is C46H62N2O13. The smallest absolute Gasteiger partial charge is 0.222 e. The van der Waals surface area contributed by atoms with E-state index in [0.29, 0.717) is 161 Å². The van der Waals surface area contributed by atoms with Crippen LogP contribution >= 0.6 is 0 Å². The van der Waals surface area contributed by atoms with Gasteiger partial charge in [-0.15, -0.1) is 0 Å². The predicted molar refractivity (Wildman–Crippen MR) is 230 cm³/mol. The molecule has 0 radical (unpaired) electrons. The van der Waals surface area contributed by atoms with Gasteiger partial charge in [0, 0.05) is 42.5 Å². The molecule has 15 nitrogen and oxygen atoms in total. The van der Waals surface area contributed by atoms with Crippen molar-refractivity contribution in [1.82, 2.24) is 10.3 Å². The summed E-state index contributed by atoms with van der Waals surface area (Å²) in [6.07, 6.45) is 1.94. The summed E-state index contributed by atoms with van der Waals surface area (Å²) >= 11 is 0. The number of aromatic nitrogens is 1. The summed E-state index contributed by atoms with van der Waals surface area (Å²) < 4.78 is 55.1. The highest BCUT2D eigenvalue weighted by atomic mass is 16.6. The van der Waals surface area contributed by atoms with E-state index in [-0.39, 0.29) is 17.4 Å². The van der Waals surface area contributed by atoms with Gasteiger partial charge in [-0.2, -0.15) is 0 Å². The summed E-state index contributed by atoms with van der Waals surface area (Å²) in [6.45, 7) is 7.62. The molecule has 1 amide bonds. The minimum atomic E-state index is -0.0612. The molecule has 61 heavy (non-hydrogen) atoms. The zero-order valence-electron chi connectivity index (χ0n) is 35.6. The van der Waals surface area contributed by atoms with Gasteiger partial charge in [0.25, 0.3) is 0 Å². The summed E-state index contributed by atoms with van der Waals surface area (Å²) in [5.41, 5.74) is 3.95. The van der Waals surface area contributed by atoms with Crippen molar-refractivity contribution < 1.29 is 62.1 Å². The minimum Gasteiger partial charge on any atom is -0.508 e. The molecule has 3 aromatic carbocycles. The van der Waals surface area contributed by atoms with E-state index in [1.807, 2.05) is 60.7 Å². The molecule has 0 spiro atoms. The second-order valence-electron chi connectivity index (χ2n) is 13.6. The van der Waals surface area contributed by atoms with Gasteiger partial charge in [-0.05, 0) is 60.9 Å². The molecule has 15 heteroatoms. The fraction of sp³-hybridized carbons (Fsp3) is 0.500. The summed E-state index contributed by atoms with van der Waals surface area (Å²) in [5.74, 6) is 1.42. The number of benzene rings is 3. The first-order valence-electron chi connectivity index (χ1n) is 20.8. The second kappa shape index (κ2) is 30.3. The molecule has 0 saturated heterocycles. The molecule has 1 heterocycles. The molecule has 0 fully saturated rings. The van der Waals surface area contributed by atoms with Crippen LogP contribution in [0.1, 0.15) is 35.2 Å². The van der Waals surface area contributed by atoms with Crippen LogP contribution < -0.4 is 14.8 Å². The maximum absolute atomic E-state index is 13.4. The topological polar surface area (TPSA) is 172 Å². The largest absolute Gasteiger partial charge is 0.508 e. The van der Waals surface area contributed by atoms with Crippen molar-refractivity contribution in [2.24, 2.45) is 0 Å². The predicted octanol–water partition coefficient (Wildman–Crippen LogP) is 5.47. The Morgan fingerprint density at radius 3 is 1.66 bits per heavy atom. The van der Waals surface area contributed by atoms with E-state index in [4.69, 9.17) is 52.4 Å². The van der Waals surface area contributed by atoms with Gasteiger partial charge < -0.3 is 57.8 Å². The van der Waals surface area contributed by atoms with Gasteiger partial charge >= 0.3 is 0 Å². The molecule has 334 valence electrons. The van der Waals surface area contributed by atoms with Gasteiger partial charge in [-0.25, -0.2) is 4.98 Å². The number of hydrogen-bond donors (Lipinski definition) is 2. The van der Waals surface area contributed by atoms with Crippen molar-refractivity contribution in [3.8, 4) is 28.5 Å². The highest BCUT2D eigenvalue weighted by Crippen LogP contribution is 2.33. The summed E-state index contributed by atoms with van der Waals surface area (Å²) in [4.78, 5) is 30.1. The molecule has 0 unspecified atom stereocenters. The van der Waals surface area contributed by atoms with E-state index in [0.717, 1.165) is 22.0 Å². The molecule has 1 aromatic heterocycles. The molecule has 2 N–H and O–H groups in total. The summed E-state index contributed by atoms with van der Waals surface area (Å²) in [7, 11) is 3.18. The number of aromatic hydroxyl groups is 1. The third kappa shape index (κ3) is 19.7. The third-order valence-corrected chi connectivity index (χ3v) is 9.14. The van der Waals surface area contributed by atoms with Crippen LogP contribution in [-0.4, -0.2) is 148 Å². The van der Waals surface area contributed by atoms with Crippen LogP contribution in [0.2, 0.25) is 0 Å². The van der Waals surface area contributed by atoms with Crippen molar-refractivity contribution in [3.63, 3.8) is 0 Å². The van der Waals surface area contributed by atoms with Crippen LogP contribution in [0.5, 0.6) is 17.2 Å². The zero-order valence-corrected chi connectivity index (χ0v) is 35.6. The fourth-order valence-electron chi connectivity index (χ4n) is 5.92. The number of para-hydroxylation sites is 1. The minimum absolute atomic E-state index is 0.0364. The summed E-state index contributed by atoms with van der Waals surface area (Å²) in [5, 5.41) is 13.0. The van der Waals surface area contributed by atoms with E-state index in [2.05, 4.69) is 5.32 Å². The van der Waals surface area contributed by atoms with Gasteiger partial charge in [0.15, 0.2) is 17.3 Å². The average molecular weight is 851 g/mol. The molecule has 0 atom stereocenters. The molecule has 4 aromatic rings. The third-order valence-electron chi connectivity index (χ3n) is 9.14. The van der Waals surface area contributed by atoms with Gasteiger partial charge in [-0.1, -0.05) is 30.3 Å². The Morgan fingerprint density at radius 1 is 0.574 bits per heavy atom. The van der Waals surface area contributed by atoms with Gasteiger partial charge in [0.2, 0.25) is 5.91 Å². The second-order valence-corrected chi connectivity index (χ2v) is 13.6. The lowest BCUT2D eigenvalue weighted by Gasteiger charge is -2.12. The van der Waals surface area contributed by atoms with Crippen molar-refractivity contribution in [2.45, 2.75) is 25.7 Å². The van der Waals surface area contributed by atoms with Gasteiger partial charge in [-0.3, -0.25) is 9.59 Å². The number of ether oxygens (including phenoxy) is 10. The zero-order chi connectivity index (χ0) is 43.2. The van der Waals surface area contributed by atoms with E-state index in [9.17, 15) is 14.7 Å². The van der Waals surface area contributed by atoms with E-state index in [1.165, 1.54) is 0 Å². The van der Waals surface area contributed by atoms with Crippen molar-refractivity contribution in [1.29, 1.82) is 0 Å². The average Bonchev–Trinajstić information content (AvgIpc) is 3.28. The first-order valence-corrected chi connectivity index (χ1v) is 20.8. The Hall–Kier alpha value is -4.71. The number of ketones is 1. The number of carbonyl (C=O) groups is 2. The quantitative estimate of drug-likeness (QED) is 0.0441. The number of methoxy groups -OCH3 is 2. The van der Waals surface area contributed by atoms with Gasteiger partial charge in [0.1, 0.15) is 5.75 Å². The number of fused-ring (bicyclic) bond motifs is 1. The Kier molecular flexibility index (Phi) is 24.3. The molecule has 0 aliphatic heterocycles. The van der Waals surface area contributed by atoms with E-state index in [1.54, 1.807) is 26.4 Å². The molecule has 0 aliphatic carbocycles. The molecule has 0 aliphatic rings. The van der Waals surface area contributed by atoms with Crippen LogP contribution in [0.25, 0.3) is 22.2 Å². The molecular weight excluding hydrogens is 789 g/mol. The number of pyridine rings is 1. The Bertz CT molecular complexity index is 1830. The number of phenols is 1. The Labute approximate surface area is 358 Å².